The van der Waals surface area contributed by atoms with Crippen LogP contribution in [0.3, 0.4) is 0 Å². The highest BCUT2D eigenvalue weighted by Crippen LogP contribution is 2.06. The zero-order chi connectivity index (χ0) is 14.3. The molecule has 1 rings (SSSR count). The van der Waals surface area contributed by atoms with Gasteiger partial charge in [-0.1, -0.05) is 6.92 Å². The van der Waals surface area contributed by atoms with Gasteiger partial charge >= 0.3 is 0 Å². The minimum Gasteiger partial charge on any atom is -0.373 e. The van der Waals surface area contributed by atoms with Crippen molar-refractivity contribution >= 4 is 5.69 Å². The molecule has 5 nitrogen and oxygen atoms in total. The number of rotatable bonds is 8. The number of hydrogen-bond donors (Lipinski definition) is 1. The van der Waals surface area contributed by atoms with Crippen molar-refractivity contribution in [2.75, 3.05) is 25.0 Å². The monoisotopic (exact) mass is 266 g/mol. The van der Waals surface area contributed by atoms with Crippen LogP contribution in [0.2, 0.25) is 0 Å². The molecule has 1 N–H and O–H groups in total. The van der Waals surface area contributed by atoms with Gasteiger partial charge in [0, 0.05) is 32.2 Å². The lowest BCUT2D eigenvalue weighted by atomic mass is 10.2. The van der Waals surface area contributed by atoms with Gasteiger partial charge in [0.1, 0.15) is 0 Å². The van der Waals surface area contributed by atoms with Crippen molar-refractivity contribution in [3.8, 4) is 0 Å². The molecular weight excluding hydrogens is 240 g/mol. The van der Waals surface area contributed by atoms with Crippen molar-refractivity contribution in [1.82, 2.24) is 15.1 Å². The van der Waals surface area contributed by atoms with Gasteiger partial charge in [0.2, 0.25) is 0 Å². The minimum atomic E-state index is -0.0273. The van der Waals surface area contributed by atoms with E-state index in [9.17, 15) is 4.79 Å². The van der Waals surface area contributed by atoms with Gasteiger partial charge in [0.05, 0.1) is 11.9 Å². The first-order valence-corrected chi connectivity index (χ1v) is 7.10. The molecule has 1 aromatic heterocycles. The molecule has 0 bridgehead atoms. The molecule has 0 radical (unpaired) electrons. The average molecular weight is 266 g/mol. The van der Waals surface area contributed by atoms with Gasteiger partial charge in [0.15, 0.2) is 0 Å². The summed E-state index contributed by atoms with van der Waals surface area (Å²) in [5.74, 6) is 0. The standard InChI is InChI=1S/C14H26N4O/c1-5-8-15-12(3)7-9-18-14(19)10-13(11-16-18)17(4)6-2/h10-12,15H,5-9H2,1-4H3. The molecule has 108 valence electrons. The Balaban J connectivity index is 2.58. The van der Waals surface area contributed by atoms with Crippen molar-refractivity contribution in [2.24, 2.45) is 0 Å². The lowest BCUT2D eigenvalue weighted by molar-refractivity contribution is 0.449. The number of nitrogens with zero attached hydrogens (tertiary/aromatic N) is 3. The molecule has 0 fully saturated rings. The zero-order valence-electron chi connectivity index (χ0n) is 12.5. The maximum atomic E-state index is 11.9. The quantitative estimate of drug-likeness (QED) is 0.774. The van der Waals surface area contributed by atoms with E-state index in [0.29, 0.717) is 12.6 Å². The van der Waals surface area contributed by atoms with Crippen LogP contribution in [0, 0.1) is 0 Å². The van der Waals surface area contributed by atoms with Gasteiger partial charge in [-0.05, 0) is 33.2 Å². The molecule has 0 saturated heterocycles. The fourth-order valence-electron chi connectivity index (χ4n) is 1.79. The fourth-order valence-corrected chi connectivity index (χ4v) is 1.79. The smallest absolute Gasteiger partial charge is 0.268 e. The highest BCUT2D eigenvalue weighted by Gasteiger charge is 2.05. The van der Waals surface area contributed by atoms with E-state index in [1.807, 2.05) is 18.9 Å². The van der Waals surface area contributed by atoms with E-state index in [0.717, 1.165) is 31.6 Å². The Bertz CT molecular complexity index is 430. The summed E-state index contributed by atoms with van der Waals surface area (Å²) in [6.07, 6.45) is 3.80. The van der Waals surface area contributed by atoms with Gasteiger partial charge < -0.3 is 10.2 Å². The predicted octanol–water partition coefficient (Wildman–Crippen LogP) is 1.48. The van der Waals surface area contributed by atoms with Crippen molar-refractivity contribution in [3.05, 3.63) is 22.6 Å². The predicted molar refractivity (Wildman–Crippen MR) is 79.8 cm³/mol. The van der Waals surface area contributed by atoms with Crippen LogP contribution in [0.25, 0.3) is 0 Å². The molecule has 0 aromatic carbocycles. The molecule has 5 heteroatoms. The van der Waals surface area contributed by atoms with Crippen LogP contribution in [0.5, 0.6) is 0 Å². The Kier molecular flexibility index (Phi) is 6.56. The second kappa shape index (κ2) is 7.94. The van der Waals surface area contributed by atoms with E-state index in [4.69, 9.17) is 0 Å². The van der Waals surface area contributed by atoms with Gasteiger partial charge in [-0.2, -0.15) is 5.10 Å². The van der Waals surface area contributed by atoms with Crippen LogP contribution in [-0.4, -0.2) is 36.0 Å². The van der Waals surface area contributed by atoms with Crippen LogP contribution < -0.4 is 15.8 Å². The van der Waals surface area contributed by atoms with Crippen LogP contribution in [-0.2, 0) is 6.54 Å². The maximum absolute atomic E-state index is 11.9. The van der Waals surface area contributed by atoms with E-state index in [1.54, 1.807) is 12.3 Å². The number of anilines is 1. The Labute approximate surface area is 115 Å². The second-order valence-electron chi connectivity index (χ2n) is 4.93. The van der Waals surface area contributed by atoms with E-state index in [1.165, 1.54) is 4.68 Å². The van der Waals surface area contributed by atoms with Crippen molar-refractivity contribution in [2.45, 2.75) is 46.2 Å². The molecule has 0 amide bonds. The molecule has 0 aliphatic heterocycles. The number of aromatic nitrogens is 2. The Morgan fingerprint density at radius 1 is 1.47 bits per heavy atom. The SMILES string of the molecule is CCCNC(C)CCn1ncc(N(C)CC)cc1=O. The first-order chi connectivity index (χ1) is 9.08. The summed E-state index contributed by atoms with van der Waals surface area (Å²) in [5.41, 5.74) is 0.849. The largest absolute Gasteiger partial charge is 0.373 e. The minimum absolute atomic E-state index is 0.0273. The topological polar surface area (TPSA) is 50.2 Å². The summed E-state index contributed by atoms with van der Waals surface area (Å²) in [5, 5.41) is 7.64. The van der Waals surface area contributed by atoms with E-state index < -0.39 is 0 Å². The first-order valence-electron chi connectivity index (χ1n) is 7.10. The lowest BCUT2D eigenvalue weighted by Gasteiger charge is -2.17. The molecule has 0 aliphatic rings. The molecule has 1 heterocycles. The fraction of sp³-hybridized carbons (Fsp3) is 0.714. The van der Waals surface area contributed by atoms with Crippen LogP contribution in [0.15, 0.2) is 17.1 Å². The van der Waals surface area contributed by atoms with Crippen LogP contribution in [0.4, 0.5) is 5.69 Å². The Morgan fingerprint density at radius 3 is 2.79 bits per heavy atom. The molecule has 0 aliphatic carbocycles. The molecule has 19 heavy (non-hydrogen) atoms. The van der Waals surface area contributed by atoms with Crippen molar-refractivity contribution in [1.29, 1.82) is 0 Å². The lowest BCUT2D eigenvalue weighted by Crippen LogP contribution is -2.31. The molecule has 1 aromatic rings. The average Bonchev–Trinajstić information content (AvgIpc) is 2.42. The van der Waals surface area contributed by atoms with E-state index >= 15 is 0 Å². The first kappa shape index (κ1) is 15.7. The van der Waals surface area contributed by atoms with Crippen molar-refractivity contribution < 1.29 is 0 Å². The number of nitrogens with one attached hydrogen (secondary N) is 1. The second-order valence-corrected chi connectivity index (χ2v) is 4.93. The van der Waals surface area contributed by atoms with Crippen LogP contribution >= 0.6 is 0 Å². The summed E-state index contributed by atoms with van der Waals surface area (Å²) in [7, 11) is 1.96. The highest BCUT2D eigenvalue weighted by molar-refractivity contribution is 5.41. The van der Waals surface area contributed by atoms with Crippen molar-refractivity contribution in [3.63, 3.8) is 0 Å². The summed E-state index contributed by atoms with van der Waals surface area (Å²) >= 11 is 0. The molecular formula is C14H26N4O. The summed E-state index contributed by atoms with van der Waals surface area (Å²) in [6, 6.07) is 2.06. The summed E-state index contributed by atoms with van der Waals surface area (Å²) < 4.78 is 1.54. The molecule has 1 atom stereocenters. The third-order valence-electron chi connectivity index (χ3n) is 3.29. The number of aryl methyl sites for hydroxylation is 1. The molecule has 0 saturated carbocycles. The molecule has 1 unspecified atom stereocenters. The van der Waals surface area contributed by atoms with Gasteiger partial charge in [0.25, 0.3) is 5.56 Å². The third kappa shape index (κ3) is 5.03. The number of hydrogen-bond acceptors (Lipinski definition) is 4. The molecule has 0 spiro atoms. The third-order valence-corrected chi connectivity index (χ3v) is 3.29. The van der Waals surface area contributed by atoms with Gasteiger partial charge in [-0.25, -0.2) is 4.68 Å². The highest BCUT2D eigenvalue weighted by atomic mass is 16.1. The summed E-state index contributed by atoms with van der Waals surface area (Å²) in [4.78, 5) is 13.9. The maximum Gasteiger partial charge on any atom is 0.268 e. The van der Waals surface area contributed by atoms with Gasteiger partial charge in [-0.3, -0.25) is 4.79 Å². The van der Waals surface area contributed by atoms with Crippen LogP contribution in [0.1, 0.15) is 33.6 Å². The normalized spacial score (nSPS) is 12.4. The Hall–Kier alpha value is -1.36. The Morgan fingerprint density at radius 2 is 2.21 bits per heavy atom. The van der Waals surface area contributed by atoms with Gasteiger partial charge in [-0.15, -0.1) is 0 Å². The van der Waals surface area contributed by atoms with E-state index in [2.05, 4.69) is 24.3 Å². The van der Waals surface area contributed by atoms with E-state index in [-0.39, 0.29) is 5.56 Å². The summed E-state index contributed by atoms with van der Waals surface area (Å²) in [6.45, 7) is 8.88. The zero-order valence-corrected chi connectivity index (χ0v) is 12.5.